The first-order chi connectivity index (χ1) is 8.17. The van der Waals surface area contributed by atoms with E-state index in [1.165, 1.54) is 10.9 Å². The second-order valence-electron chi connectivity index (χ2n) is 3.23. The van der Waals surface area contributed by atoms with E-state index in [0.717, 1.165) is 3.79 Å². The maximum atomic E-state index is 8.81. The van der Waals surface area contributed by atoms with Gasteiger partial charge in [-0.2, -0.15) is 5.26 Å². The van der Waals surface area contributed by atoms with E-state index >= 15 is 0 Å². The molecule has 0 atom stereocenters. The van der Waals surface area contributed by atoms with Crippen molar-refractivity contribution in [1.29, 1.82) is 5.26 Å². The molecule has 0 aliphatic rings. The van der Waals surface area contributed by atoms with Crippen molar-refractivity contribution < 1.29 is 0 Å². The summed E-state index contributed by atoms with van der Waals surface area (Å²) in [6.07, 6.45) is 0. The summed E-state index contributed by atoms with van der Waals surface area (Å²) in [6, 6.07) is 9.27. The predicted molar refractivity (Wildman–Crippen MR) is 73.3 cm³/mol. The summed E-state index contributed by atoms with van der Waals surface area (Å²) in [4.78, 5) is 5.28. The lowest BCUT2D eigenvalue weighted by Gasteiger charge is -2.04. The highest BCUT2D eigenvalue weighted by Crippen LogP contribution is 2.23. The lowest BCUT2D eigenvalue weighted by Crippen LogP contribution is -2.00. The van der Waals surface area contributed by atoms with Crippen LogP contribution < -0.4 is 5.32 Å². The van der Waals surface area contributed by atoms with Crippen LogP contribution in [0.15, 0.2) is 28.1 Å². The standard InChI is InChI=1S/C11H7BrClN3S/c12-9-2-1-8(17-9)6-15-11-4-7(5-14)3-10(13)16-11/h1-4H,6H2,(H,15,16). The van der Waals surface area contributed by atoms with E-state index in [1.807, 2.05) is 18.2 Å². The Balaban J connectivity index is 2.09. The lowest BCUT2D eigenvalue weighted by molar-refractivity contribution is 1.14. The third-order valence-electron chi connectivity index (χ3n) is 2.00. The summed E-state index contributed by atoms with van der Waals surface area (Å²) in [7, 11) is 0. The number of aromatic nitrogens is 1. The van der Waals surface area contributed by atoms with E-state index in [9.17, 15) is 0 Å². The number of rotatable bonds is 3. The van der Waals surface area contributed by atoms with Gasteiger partial charge in [0.1, 0.15) is 11.0 Å². The third-order valence-corrected chi connectivity index (χ3v) is 3.81. The Kier molecular flexibility index (Phi) is 4.00. The Morgan fingerprint density at radius 1 is 1.47 bits per heavy atom. The maximum Gasteiger partial charge on any atom is 0.132 e. The van der Waals surface area contributed by atoms with E-state index < -0.39 is 0 Å². The van der Waals surface area contributed by atoms with Crippen molar-refractivity contribution in [2.45, 2.75) is 6.54 Å². The van der Waals surface area contributed by atoms with Crippen molar-refractivity contribution in [3.8, 4) is 6.07 Å². The maximum absolute atomic E-state index is 8.81. The molecule has 0 saturated carbocycles. The molecule has 2 aromatic heterocycles. The van der Waals surface area contributed by atoms with Crippen molar-refractivity contribution in [3.63, 3.8) is 0 Å². The lowest BCUT2D eigenvalue weighted by atomic mass is 10.3. The Morgan fingerprint density at radius 3 is 2.94 bits per heavy atom. The Hall–Kier alpha value is -1.09. The summed E-state index contributed by atoms with van der Waals surface area (Å²) < 4.78 is 1.09. The van der Waals surface area contributed by atoms with Crippen molar-refractivity contribution in [1.82, 2.24) is 4.98 Å². The monoisotopic (exact) mass is 327 g/mol. The Bertz CT molecular complexity index is 576. The van der Waals surface area contributed by atoms with Gasteiger partial charge in [-0.05, 0) is 40.2 Å². The number of thiophene rings is 1. The molecule has 0 amide bonds. The molecule has 0 aliphatic heterocycles. The van der Waals surface area contributed by atoms with Crippen LogP contribution in [-0.4, -0.2) is 4.98 Å². The highest BCUT2D eigenvalue weighted by molar-refractivity contribution is 9.11. The quantitative estimate of drug-likeness (QED) is 0.865. The minimum Gasteiger partial charge on any atom is -0.365 e. The zero-order valence-corrected chi connectivity index (χ0v) is 11.7. The number of nitrogens with one attached hydrogen (secondary N) is 1. The highest BCUT2D eigenvalue weighted by atomic mass is 79.9. The minimum atomic E-state index is 0.318. The molecule has 0 saturated heterocycles. The fraction of sp³-hybridized carbons (Fsp3) is 0.0909. The molecule has 86 valence electrons. The van der Waals surface area contributed by atoms with Crippen molar-refractivity contribution >= 4 is 44.7 Å². The van der Waals surface area contributed by atoms with Gasteiger partial charge in [0.15, 0.2) is 0 Å². The average Bonchev–Trinajstić information content (AvgIpc) is 2.72. The molecular formula is C11H7BrClN3S. The first-order valence-electron chi connectivity index (χ1n) is 4.73. The summed E-state index contributed by atoms with van der Waals surface area (Å²) in [6.45, 7) is 0.661. The van der Waals surface area contributed by atoms with Crippen LogP contribution in [0.4, 0.5) is 5.82 Å². The zero-order chi connectivity index (χ0) is 12.3. The van der Waals surface area contributed by atoms with Gasteiger partial charge in [0.25, 0.3) is 0 Å². The molecular weight excluding hydrogens is 322 g/mol. The predicted octanol–water partition coefficient (Wildman–Crippen LogP) is 4.04. The van der Waals surface area contributed by atoms with Gasteiger partial charge < -0.3 is 5.32 Å². The van der Waals surface area contributed by atoms with E-state index in [0.29, 0.717) is 23.1 Å². The second-order valence-corrected chi connectivity index (χ2v) is 6.17. The molecule has 3 nitrogen and oxygen atoms in total. The van der Waals surface area contributed by atoms with Gasteiger partial charge in [0, 0.05) is 4.88 Å². The fourth-order valence-electron chi connectivity index (χ4n) is 1.28. The summed E-state index contributed by atoms with van der Waals surface area (Å²) in [5.74, 6) is 0.610. The number of nitriles is 1. The number of anilines is 1. The van der Waals surface area contributed by atoms with Crippen LogP contribution in [-0.2, 0) is 6.54 Å². The Morgan fingerprint density at radius 2 is 2.29 bits per heavy atom. The van der Waals surface area contributed by atoms with Gasteiger partial charge in [-0.1, -0.05) is 11.6 Å². The normalized spacial score (nSPS) is 9.94. The van der Waals surface area contributed by atoms with Gasteiger partial charge in [-0.25, -0.2) is 4.98 Å². The minimum absolute atomic E-state index is 0.318. The number of pyridine rings is 1. The van der Waals surface area contributed by atoms with Crippen LogP contribution in [0.2, 0.25) is 5.15 Å². The zero-order valence-electron chi connectivity index (χ0n) is 8.58. The van der Waals surface area contributed by atoms with E-state index in [4.69, 9.17) is 16.9 Å². The van der Waals surface area contributed by atoms with Crippen LogP contribution in [0.25, 0.3) is 0 Å². The van der Waals surface area contributed by atoms with Crippen LogP contribution in [0.1, 0.15) is 10.4 Å². The topological polar surface area (TPSA) is 48.7 Å². The Labute approximate surface area is 116 Å². The van der Waals surface area contributed by atoms with Gasteiger partial charge in [-0.15, -0.1) is 11.3 Å². The van der Waals surface area contributed by atoms with E-state index in [1.54, 1.807) is 17.4 Å². The SMILES string of the molecule is N#Cc1cc(Cl)nc(NCc2ccc(Br)s2)c1. The molecule has 0 bridgehead atoms. The number of hydrogen-bond acceptors (Lipinski definition) is 4. The molecule has 0 radical (unpaired) electrons. The number of nitrogens with zero attached hydrogens (tertiary/aromatic N) is 2. The molecule has 0 spiro atoms. The van der Waals surface area contributed by atoms with Crippen LogP contribution >= 0.6 is 38.9 Å². The van der Waals surface area contributed by atoms with E-state index in [-0.39, 0.29) is 0 Å². The van der Waals surface area contributed by atoms with Gasteiger partial charge >= 0.3 is 0 Å². The average molecular weight is 329 g/mol. The molecule has 2 aromatic rings. The van der Waals surface area contributed by atoms with E-state index in [2.05, 4.69) is 26.2 Å². The van der Waals surface area contributed by atoms with Crippen molar-refractivity contribution in [2.24, 2.45) is 0 Å². The fourth-order valence-corrected chi connectivity index (χ4v) is 2.91. The molecule has 0 aliphatic carbocycles. The first-order valence-corrected chi connectivity index (χ1v) is 6.72. The summed E-state index contributed by atoms with van der Waals surface area (Å²) >= 11 is 10.9. The molecule has 1 N–H and O–H groups in total. The van der Waals surface area contributed by atoms with Crippen LogP contribution in [0.5, 0.6) is 0 Å². The third kappa shape index (κ3) is 3.43. The second kappa shape index (κ2) is 5.50. The molecule has 0 fully saturated rings. The molecule has 0 unspecified atom stereocenters. The van der Waals surface area contributed by atoms with Gasteiger partial charge in [0.05, 0.1) is 22.0 Å². The number of halogens is 2. The van der Waals surface area contributed by atoms with Gasteiger partial charge in [0.2, 0.25) is 0 Å². The van der Waals surface area contributed by atoms with Crippen LogP contribution in [0, 0.1) is 11.3 Å². The highest BCUT2D eigenvalue weighted by Gasteiger charge is 2.02. The summed E-state index contributed by atoms with van der Waals surface area (Å²) in [5.41, 5.74) is 0.500. The summed E-state index contributed by atoms with van der Waals surface area (Å²) in [5, 5.41) is 12.3. The largest absolute Gasteiger partial charge is 0.365 e. The smallest absolute Gasteiger partial charge is 0.132 e. The van der Waals surface area contributed by atoms with Crippen LogP contribution in [0.3, 0.4) is 0 Å². The van der Waals surface area contributed by atoms with Gasteiger partial charge in [-0.3, -0.25) is 0 Å². The first kappa shape index (κ1) is 12.4. The molecule has 2 heterocycles. The molecule has 17 heavy (non-hydrogen) atoms. The molecule has 2 rings (SSSR count). The number of hydrogen-bond donors (Lipinski definition) is 1. The van der Waals surface area contributed by atoms with Crippen molar-refractivity contribution in [2.75, 3.05) is 5.32 Å². The van der Waals surface area contributed by atoms with Crippen molar-refractivity contribution in [3.05, 3.63) is 43.6 Å². The molecule has 6 heteroatoms. The molecule has 0 aromatic carbocycles.